The first kappa shape index (κ1) is 37.9. The first-order valence-electron chi connectivity index (χ1n) is 16.6. The van der Waals surface area contributed by atoms with Gasteiger partial charge in [-0.25, -0.2) is 9.59 Å². The Morgan fingerprint density at radius 3 is 1.98 bits per heavy atom. The molecule has 2 aromatic rings. The molecule has 3 atom stereocenters. The van der Waals surface area contributed by atoms with E-state index in [2.05, 4.69) is 17.6 Å². The van der Waals surface area contributed by atoms with E-state index in [1.807, 2.05) is 60.9 Å². The van der Waals surface area contributed by atoms with Gasteiger partial charge in [0.05, 0.1) is 0 Å². The van der Waals surface area contributed by atoms with E-state index >= 15 is 0 Å². The average molecular weight is 668 g/mol. The normalized spacial score (nSPS) is 15.4. The monoisotopic (exact) mass is 667 g/mol. The highest BCUT2D eigenvalue weighted by molar-refractivity contribution is 7.98. The van der Waals surface area contributed by atoms with Gasteiger partial charge in [-0.15, -0.1) is 0 Å². The van der Waals surface area contributed by atoms with Crippen molar-refractivity contribution in [1.82, 2.24) is 15.5 Å². The summed E-state index contributed by atoms with van der Waals surface area (Å²) in [7, 11) is 0. The summed E-state index contributed by atoms with van der Waals surface area (Å²) in [4.78, 5) is 57.3. The van der Waals surface area contributed by atoms with Crippen LogP contribution in [0.25, 0.3) is 0 Å². The van der Waals surface area contributed by atoms with Crippen molar-refractivity contribution in [3.05, 3.63) is 71.3 Å². The summed E-state index contributed by atoms with van der Waals surface area (Å²) in [5, 5.41) is 5.78. The number of aryl methyl sites for hydroxylation is 1. The summed E-state index contributed by atoms with van der Waals surface area (Å²) in [6, 6.07) is 13.9. The quantitative estimate of drug-likeness (QED) is 0.225. The highest BCUT2D eigenvalue weighted by atomic mass is 32.2. The third-order valence-corrected chi connectivity index (χ3v) is 8.49. The number of amides is 3. The molecular formula is C37H53N3O6S. The number of esters is 1. The molecule has 2 N–H and O–H groups in total. The van der Waals surface area contributed by atoms with E-state index in [0.717, 1.165) is 36.8 Å². The van der Waals surface area contributed by atoms with Crippen LogP contribution in [0.2, 0.25) is 0 Å². The largest absolute Gasteiger partial charge is 0.458 e. The molecule has 1 aliphatic rings. The summed E-state index contributed by atoms with van der Waals surface area (Å²) in [6.07, 6.45) is 5.02. The van der Waals surface area contributed by atoms with Crippen molar-refractivity contribution in [1.29, 1.82) is 0 Å². The SMILES string of the molecule is CCc1ccc(C(C(=O)NC(Cc2ccccc2)C(=O)OC(C)(C)C)N(C(=O)C(CCSC)NC(=O)OC(C)(C)C)C2CCC2)cc1. The van der Waals surface area contributed by atoms with Crippen LogP contribution in [0.15, 0.2) is 54.6 Å². The number of carbonyl (C=O) groups excluding carboxylic acids is 4. The predicted molar refractivity (Wildman–Crippen MR) is 187 cm³/mol. The Morgan fingerprint density at radius 1 is 0.851 bits per heavy atom. The van der Waals surface area contributed by atoms with Crippen LogP contribution < -0.4 is 10.6 Å². The lowest BCUT2D eigenvalue weighted by atomic mass is 9.87. The molecule has 3 unspecified atom stereocenters. The molecule has 1 saturated carbocycles. The van der Waals surface area contributed by atoms with Crippen LogP contribution in [0.5, 0.6) is 0 Å². The number of rotatable bonds is 14. The minimum absolute atomic E-state index is 0.213. The van der Waals surface area contributed by atoms with E-state index < -0.39 is 47.3 Å². The van der Waals surface area contributed by atoms with Crippen LogP contribution in [-0.2, 0) is 36.7 Å². The van der Waals surface area contributed by atoms with Gasteiger partial charge in [0.25, 0.3) is 0 Å². The highest BCUT2D eigenvalue weighted by Crippen LogP contribution is 2.34. The van der Waals surface area contributed by atoms with Crippen LogP contribution in [0.1, 0.15) is 96.9 Å². The summed E-state index contributed by atoms with van der Waals surface area (Å²) < 4.78 is 11.3. The van der Waals surface area contributed by atoms with Crippen molar-refractivity contribution in [3.63, 3.8) is 0 Å². The number of carbonyl (C=O) groups is 4. The topological polar surface area (TPSA) is 114 Å². The van der Waals surface area contributed by atoms with Gasteiger partial charge in [-0.1, -0.05) is 61.5 Å². The molecule has 1 aliphatic carbocycles. The summed E-state index contributed by atoms with van der Waals surface area (Å²) in [5.74, 6) is -0.779. The second-order valence-electron chi connectivity index (χ2n) is 14.1. The van der Waals surface area contributed by atoms with Gasteiger partial charge in [-0.2, -0.15) is 11.8 Å². The Bertz CT molecular complexity index is 1330. The van der Waals surface area contributed by atoms with E-state index in [1.165, 1.54) is 0 Å². The van der Waals surface area contributed by atoms with Crippen LogP contribution >= 0.6 is 11.8 Å². The Balaban J connectivity index is 2.06. The minimum Gasteiger partial charge on any atom is -0.458 e. The molecule has 9 nitrogen and oxygen atoms in total. The number of ether oxygens (including phenoxy) is 2. The lowest BCUT2D eigenvalue weighted by Gasteiger charge is -2.44. The molecule has 1 fully saturated rings. The molecule has 2 aromatic carbocycles. The molecule has 0 radical (unpaired) electrons. The van der Waals surface area contributed by atoms with E-state index in [0.29, 0.717) is 17.7 Å². The van der Waals surface area contributed by atoms with Gasteiger partial charge in [-0.05, 0) is 102 Å². The Labute approximate surface area is 284 Å². The number of hydrogen-bond acceptors (Lipinski definition) is 7. The number of hydrogen-bond donors (Lipinski definition) is 2. The molecule has 0 spiro atoms. The second kappa shape index (κ2) is 17.0. The van der Waals surface area contributed by atoms with Crippen LogP contribution in [0.4, 0.5) is 4.79 Å². The second-order valence-corrected chi connectivity index (χ2v) is 15.1. The fraction of sp³-hybridized carbons (Fsp3) is 0.568. The van der Waals surface area contributed by atoms with Gasteiger partial charge in [-0.3, -0.25) is 9.59 Å². The molecule has 10 heteroatoms. The molecule has 0 aliphatic heterocycles. The zero-order valence-corrected chi connectivity index (χ0v) is 30.1. The molecule has 0 heterocycles. The Hall–Kier alpha value is -3.53. The van der Waals surface area contributed by atoms with Crippen molar-refractivity contribution in [3.8, 4) is 0 Å². The van der Waals surface area contributed by atoms with Crippen molar-refractivity contribution < 1.29 is 28.7 Å². The standard InChI is InChI=1S/C37H53N3O6S/c1-9-25-18-20-27(21-19-25)31(32(41)38-30(34(43)45-36(2,3)4)24-26-14-11-10-12-15-26)40(28-16-13-17-28)33(42)29(22-23-47-8)39-35(44)46-37(5,6)7/h10-12,14-15,18-21,28-31H,9,13,16-17,22-24H2,1-8H3,(H,38,41)(H,39,44). The Kier molecular flexibility index (Phi) is 13.7. The number of benzene rings is 2. The van der Waals surface area contributed by atoms with Crippen molar-refractivity contribution in [2.45, 2.75) is 122 Å². The van der Waals surface area contributed by atoms with Crippen LogP contribution in [0, 0.1) is 0 Å². The lowest BCUT2D eigenvalue weighted by Crippen LogP contribution is -2.58. The maximum atomic E-state index is 14.6. The van der Waals surface area contributed by atoms with Gasteiger partial charge in [0.2, 0.25) is 11.8 Å². The molecule has 0 bridgehead atoms. The van der Waals surface area contributed by atoms with Crippen molar-refractivity contribution in [2.75, 3.05) is 12.0 Å². The molecular weight excluding hydrogens is 614 g/mol. The van der Waals surface area contributed by atoms with Gasteiger partial charge >= 0.3 is 12.1 Å². The maximum absolute atomic E-state index is 14.6. The summed E-state index contributed by atoms with van der Waals surface area (Å²) in [5.41, 5.74) is 1.07. The van der Waals surface area contributed by atoms with E-state index in [-0.39, 0.29) is 18.4 Å². The first-order valence-corrected chi connectivity index (χ1v) is 18.0. The molecule has 0 aromatic heterocycles. The zero-order valence-electron chi connectivity index (χ0n) is 29.3. The average Bonchev–Trinajstić information content (AvgIpc) is 2.96. The fourth-order valence-electron chi connectivity index (χ4n) is 5.35. The number of nitrogens with one attached hydrogen (secondary N) is 2. The predicted octanol–water partition coefficient (Wildman–Crippen LogP) is 6.39. The minimum atomic E-state index is -1.04. The lowest BCUT2D eigenvalue weighted by molar-refractivity contribution is -0.159. The first-order chi connectivity index (χ1) is 22.1. The fourth-order valence-corrected chi connectivity index (χ4v) is 5.82. The van der Waals surface area contributed by atoms with Gasteiger partial charge in [0.15, 0.2) is 0 Å². The maximum Gasteiger partial charge on any atom is 0.408 e. The van der Waals surface area contributed by atoms with Crippen LogP contribution in [-0.4, -0.2) is 70.1 Å². The smallest absolute Gasteiger partial charge is 0.408 e. The molecule has 0 saturated heterocycles. The van der Waals surface area contributed by atoms with Crippen molar-refractivity contribution >= 4 is 35.6 Å². The third-order valence-electron chi connectivity index (χ3n) is 7.84. The molecule has 3 amide bonds. The van der Waals surface area contributed by atoms with E-state index in [1.54, 1.807) is 58.2 Å². The van der Waals surface area contributed by atoms with E-state index in [4.69, 9.17) is 9.47 Å². The zero-order chi connectivity index (χ0) is 34.8. The molecule has 47 heavy (non-hydrogen) atoms. The number of alkyl carbamates (subject to hydrolysis) is 1. The number of thioether (sulfide) groups is 1. The highest BCUT2D eigenvalue weighted by Gasteiger charge is 2.43. The van der Waals surface area contributed by atoms with Gasteiger partial charge < -0.3 is 25.0 Å². The third kappa shape index (κ3) is 11.9. The summed E-state index contributed by atoms with van der Waals surface area (Å²) in [6.45, 7) is 12.7. The molecule has 258 valence electrons. The number of nitrogens with zero attached hydrogens (tertiary/aromatic N) is 1. The van der Waals surface area contributed by atoms with Crippen LogP contribution in [0.3, 0.4) is 0 Å². The summed E-state index contributed by atoms with van der Waals surface area (Å²) >= 11 is 1.57. The molecule has 3 rings (SSSR count). The van der Waals surface area contributed by atoms with Gasteiger partial charge in [0.1, 0.15) is 29.3 Å². The van der Waals surface area contributed by atoms with Gasteiger partial charge in [0, 0.05) is 12.5 Å². The Morgan fingerprint density at radius 2 is 1.47 bits per heavy atom. The van der Waals surface area contributed by atoms with Crippen molar-refractivity contribution in [2.24, 2.45) is 0 Å². The van der Waals surface area contributed by atoms with E-state index in [9.17, 15) is 19.2 Å².